The Morgan fingerprint density at radius 1 is 1.03 bits per heavy atom. The molecule has 1 aliphatic rings. The maximum Gasteiger partial charge on any atom is 0.263 e. The summed E-state index contributed by atoms with van der Waals surface area (Å²) in [5.74, 6) is 1.11. The largest absolute Gasteiger partial charge is 0.436 e. The summed E-state index contributed by atoms with van der Waals surface area (Å²) >= 11 is 1.60. The van der Waals surface area contributed by atoms with Gasteiger partial charge in [0.25, 0.3) is 5.88 Å². The molecule has 32 heavy (non-hydrogen) atoms. The first-order valence-corrected chi connectivity index (χ1v) is 11.3. The van der Waals surface area contributed by atoms with Crippen LogP contribution in [0.3, 0.4) is 0 Å². The molecule has 5 rings (SSSR count). The van der Waals surface area contributed by atoms with Crippen LogP contribution in [0, 0.1) is 5.92 Å². The highest BCUT2D eigenvalue weighted by Gasteiger charge is 2.22. The number of carbonyl (C=O) groups excluding carboxylic acids is 1. The summed E-state index contributed by atoms with van der Waals surface area (Å²) in [6, 6.07) is 15.5. The fourth-order valence-electron chi connectivity index (χ4n) is 3.56. The number of amides is 1. The number of carbonyl (C=O) groups is 1. The number of ether oxygens (including phenoxy) is 1. The Balaban J connectivity index is 1.25. The normalized spacial score (nSPS) is 14.2. The quantitative estimate of drug-likeness (QED) is 0.399. The summed E-state index contributed by atoms with van der Waals surface area (Å²) in [5.41, 5.74) is 1.87. The second-order valence-corrected chi connectivity index (χ2v) is 8.49. The highest BCUT2D eigenvalue weighted by molar-refractivity contribution is 7.22. The predicted octanol–water partition coefficient (Wildman–Crippen LogP) is 4.56. The van der Waals surface area contributed by atoms with E-state index in [9.17, 15) is 4.79 Å². The Bertz CT molecular complexity index is 1190. The molecule has 3 N–H and O–H groups in total. The predicted molar refractivity (Wildman–Crippen MR) is 126 cm³/mol. The number of hydrogen-bond acceptors (Lipinski definition) is 8. The number of aromatic nitrogens is 3. The lowest BCUT2D eigenvalue weighted by atomic mass is 9.97. The first kappa shape index (κ1) is 20.3. The summed E-state index contributed by atoms with van der Waals surface area (Å²) in [6.07, 6.45) is 4.70. The van der Waals surface area contributed by atoms with Crippen molar-refractivity contribution in [3.8, 4) is 11.6 Å². The number of piperidine rings is 1. The number of thiazole rings is 1. The molecular formula is C23H22N6O2S. The van der Waals surface area contributed by atoms with E-state index in [-0.39, 0.29) is 17.7 Å². The average molecular weight is 447 g/mol. The Hall–Kier alpha value is -3.56. The van der Waals surface area contributed by atoms with Gasteiger partial charge in [-0.1, -0.05) is 23.5 Å². The summed E-state index contributed by atoms with van der Waals surface area (Å²) in [6.45, 7) is 1.69. The molecule has 162 valence electrons. The van der Waals surface area contributed by atoms with Crippen molar-refractivity contribution in [3.05, 3.63) is 60.9 Å². The average Bonchev–Trinajstić information content (AvgIpc) is 3.24. The fourth-order valence-corrected chi connectivity index (χ4v) is 4.44. The molecule has 9 heteroatoms. The first-order valence-electron chi connectivity index (χ1n) is 10.5. The lowest BCUT2D eigenvalue weighted by Crippen LogP contribution is -2.34. The van der Waals surface area contributed by atoms with E-state index in [0.717, 1.165) is 47.0 Å². The van der Waals surface area contributed by atoms with Gasteiger partial charge in [-0.3, -0.25) is 4.79 Å². The zero-order chi connectivity index (χ0) is 21.8. The molecule has 1 aliphatic heterocycles. The number of para-hydroxylation sites is 1. The van der Waals surface area contributed by atoms with Crippen LogP contribution >= 0.6 is 11.3 Å². The fraction of sp³-hybridized carbons (Fsp3) is 0.217. The van der Waals surface area contributed by atoms with Gasteiger partial charge in [0.15, 0.2) is 10.9 Å². The van der Waals surface area contributed by atoms with E-state index in [1.165, 1.54) is 6.20 Å². The third-order valence-corrected chi connectivity index (χ3v) is 6.18. The molecule has 1 fully saturated rings. The van der Waals surface area contributed by atoms with Gasteiger partial charge in [0.2, 0.25) is 5.91 Å². The molecule has 0 unspecified atom stereocenters. The second-order valence-electron chi connectivity index (χ2n) is 7.46. The van der Waals surface area contributed by atoms with Gasteiger partial charge >= 0.3 is 0 Å². The van der Waals surface area contributed by atoms with Crippen LogP contribution in [0.25, 0.3) is 10.2 Å². The molecule has 2 aromatic heterocycles. The zero-order valence-electron chi connectivity index (χ0n) is 17.2. The third-order valence-electron chi connectivity index (χ3n) is 5.23. The van der Waals surface area contributed by atoms with Gasteiger partial charge in [-0.25, -0.2) is 15.0 Å². The van der Waals surface area contributed by atoms with Crippen LogP contribution in [0.2, 0.25) is 0 Å². The SMILES string of the molecule is O=C(Nc1nccnc1Oc1ccc(Nc2nc3ccccc3s2)cc1)C1CCNCC1. The van der Waals surface area contributed by atoms with Gasteiger partial charge in [-0.15, -0.1) is 0 Å². The summed E-state index contributed by atoms with van der Waals surface area (Å²) in [5, 5.41) is 10.3. The molecule has 4 aromatic rings. The number of anilines is 3. The van der Waals surface area contributed by atoms with Gasteiger partial charge in [0.1, 0.15) is 5.75 Å². The highest BCUT2D eigenvalue weighted by atomic mass is 32.1. The van der Waals surface area contributed by atoms with Crippen molar-refractivity contribution in [2.75, 3.05) is 23.7 Å². The first-order chi connectivity index (χ1) is 15.7. The number of nitrogens with one attached hydrogen (secondary N) is 3. The topological polar surface area (TPSA) is 101 Å². The van der Waals surface area contributed by atoms with Crippen molar-refractivity contribution in [1.29, 1.82) is 0 Å². The molecular weight excluding hydrogens is 424 g/mol. The van der Waals surface area contributed by atoms with E-state index in [1.54, 1.807) is 17.5 Å². The van der Waals surface area contributed by atoms with Gasteiger partial charge < -0.3 is 20.7 Å². The summed E-state index contributed by atoms with van der Waals surface area (Å²) < 4.78 is 7.05. The third kappa shape index (κ3) is 4.68. The Labute approximate surface area is 189 Å². The molecule has 8 nitrogen and oxygen atoms in total. The minimum absolute atomic E-state index is 0.0287. The molecule has 3 heterocycles. The van der Waals surface area contributed by atoms with Crippen molar-refractivity contribution >= 4 is 44.1 Å². The summed E-state index contributed by atoms with van der Waals surface area (Å²) in [4.78, 5) is 25.7. The van der Waals surface area contributed by atoms with E-state index in [0.29, 0.717) is 11.6 Å². The number of nitrogens with zero attached hydrogens (tertiary/aromatic N) is 3. The smallest absolute Gasteiger partial charge is 0.263 e. The van der Waals surface area contributed by atoms with Gasteiger partial charge in [-0.05, 0) is 62.3 Å². The minimum atomic E-state index is -0.0489. The van der Waals surface area contributed by atoms with Crippen molar-refractivity contribution < 1.29 is 9.53 Å². The standard InChI is InChI=1S/C23H22N6O2S/c30-21(15-9-11-24-12-10-15)29-20-22(26-14-13-25-20)31-17-7-5-16(6-8-17)27-23-28-18-3-1-2-4-19(18)32-23/h1-8,13-15,24H,9-12H2,(H,27,28)(H,25,29,30). The van der Waals surface area contributed by atoms with Crippen molar-refractivity contribution in [2.24, 2.45) is 5.92 Å². The van der Waals surface area contributed by atoms with E-state index in [1.807, 2.05) is 42.5 Å². The van der Waals surface area contributed by atoms with Crippen LogP contribution in [-0.2, 0) is 4.79 Å². The summed E-state index contributed by atoms with van der Waals surface area (Å²) in [7, 11) is 0. The van der Waals surface area contributed by atoms with Crippen molar-refractivity contribution in [3.63, 3.8) is 0 Å². The van der Waals surface area contributed by atoms with Gasteiger partial charge in [0.05, 0.1) is 10.2 Å². The van der Waals surface area contributed by atoms with E-state index >= 15 is 0 Å². The van der Waals surface area contributed by atoms with Crippen molar-refractivity contribution in [1.82, 2.24) is 20.3 Å². The van der Waals surface area contributed by atoms with E-state index in [2.05, 4.69) is 37.0 Å². The van der Waals surface area contributed by atoms with E-state index in [4.69, 9.17) is 4.74 Å². The van der Waals surface area contributed by atoms with Crippen molar-refractivity contribution in [2.45, 2.75) is 12.8 Å². The second kappa shape index (κ2) is 9.29. The molecule has 0 saturated carbocycles. The highest BCUT2D eigenvalue weighted by Crippen LogP contribution is 2.30. The van der Waals surface area contributed by atoms with Gasteiger partial charge in [0, 0.05) is 24.0 Å². The molecule has 1 amide bonds. The van der Waals surface area contributed by atoms with E-state index < -0.39 is 0 Å². The molecule has 0 aliphatic carbocycles. The molecule has 1 saturated heterocycles. The number of rotatable bonds is 6. The maximum atomic E-state index is 12.6. The Morgan fingerprint density at radius 3 is 2.62 bits per heavy atom. The Kier molecular flexibility index (Phi) is 5.91. The number of benzene rings is 2. The van der Waals surface area contributed by atoms with Crippen LogP contribution in [0.1, 0.15) is 12.8 Å². The zero-order valence-corrected chi connectivity index (χ0v) is 18.1. The molecule has 0 spiro atoms. The van der Waals surface area contributed by atoms with Crippen LogP contribution < -0.4 is 20.7 Å². The lowest BCUT2D eigenvalue weighted by molar-refractivity contribution is -0.120. The van der Waals surface area contributed by atoms with Gasteiger partial charge in [-0.2, -0.15) is 0 Å². The Morgan fingerprint density at radius 2 is 1.81 bits per heavy atom. The number of hydrogen-bond donors (Lipinski definition) is 3. The lowest BCUT2D eigenvalue weighted by Gasteiger charge is -2.21. The molecule has 0 bridgehead atoms. The monoisotopic (exact) mass is 446 g/mol. The van der Waals surface area contributed by atoms with Crippen LogP contribution in [0.5, 0.6) is 11.6 Å². The van der Waals surface area contributed by atoms with Crippen LogP contribution in [0.15, 0.2) is 60.9 Å². The maximum absolute atomic E-state index is 12.6. The minimum Gasteiger partial charge on any atom is -0.436 e. The molecule has 0 radical (unpaired) electrons. The van der Waals surface area contributed by atoms with Crippen LogP contribution in [-0.4, -0.2) is 33.9 Å². The molecule has 2 aromatic carbocycles. The number of fused-ring (bicyclic) bond motifs is 1. The molecule has 0 atom stereocenters. The van der Waals surface area contributed by atoms with Crippen LogP contribution in [0.4, 0.5) is 16.6 Å².